The molecule has 1 aliphatic rings. The average Bonchev–Trinajstić information content (AvgIpc) is 2.37. The lowest BCUT2D eigenvalue weighted by Gasteiger charge is -2.18. The Kier molecular flexibility index (Phi) is 2.26. The number of aliphatic hydroxyl groups is 1. The van der Waals surface area contributed by atoms with E-state index in [1.807, 2.05) is 0 Å². The third-order valence-electron chi connectivity index (χ3n) is 2.79. The van der Waals surface area contributed by atoms with Gasteiger partial charge in [0.2, 0.25) is 9.84 Å². The SMILES string of the molecule is CC1=Cc2ccc(C(C)(C)O)cc2S1(=O)=O. The Morgan fingerprint density at radius 1 is 1.25 bits per heavy atom. The van der Waals surface area contributed by atoms with E-state index in [4.69, 9.17) is 0 Å². The number of hydrogen-bond donors (Lipinski definition) is 1. The van der Waals surface area contributed by atoms with E-state index in [1.165, 1.54) is 0 Å². The van der Waals surface area contributed by atoms with Crippen LogP contribution in [0, 0.1) is 0 Å². The van der Waals surface area contributed by atoms with Crippen molar-refractivity contribution in [1.82, 2.24) is 0 Å². The van der Waals surface area contributed by atoms with Crippen molar-refractivity contribution in [3.8, 4) is 0 Å². The molecule has 0 atom stereocenters. The molecule has 3 nitrogen and oxygen atoms in total. The monoisotopic (exact) mass is 238 g/mol. The molecule has 16 heavy (non-hydrogen) atoms. The molecule has 1 aliphatic heterocycles. The standard InChI is InChI=1S/C12H14O3S/c1-8-6-9-4-5-10(12(2,3)13)7-11(9)16(8,14)15/h4-7,13H,1-3H3. The number of allylic oxidation sites excluding steroid dienone is 1. The van der Waals surface area contributed by atoms with Crippen LogP contribution in [-0.4, -0.2) is 13.5 Å². The van der Waals surface area contributed by atoms with Crippen LogP contribution in [0.3, 0.4) is 0 Å². The highest BCUT2D eigenvalue weighted by atomic mass is 32.2. The molecule has 0 fully saturated rings. The smallest absolute Gasteiger partial charge is 0.203 e. The second kappa shape index (κ2) is 3.18. The van der Waals surface area contributed by atoms with Crippen molar-refractivity contribution in [2.45, 2.75) is 31.3 Å². The van der Waals surface area contributed by atoms with E-state index in [9.17, 15) is 13.5 Å². The van der Waals surface area contributed by atoms with Gasteiger partial charge in [0.15, 0.2) is 0 Å². The van der Waals surface area contributed by atoms with E-state index in [2.05, 4.69) is 0 Å². The second-order valence-electron chi connectivity index (χ2n) is 4.57. The van der Waals surface area contributed by atoms with Gasteiger partial charge in [0, 0.05) is 4.91 Å². The van der Waals surface area contributed by atoms with Crippen LogP contribution in [0.15, 0.2) is 28.0 Å². The first-order valence-electron chi connectivity index (χ1n) is 5.03. The molecule has 0 amide bonds. The molecule has 0 aliphatic carbocycles. The fraction of sp³-hybridized carbons (Fsp3) is 0.333. The summed E-state index contributed by atoms with van der Waals surface area (Å²) in [6.45, 7) is 4.85. The van der Waals surface area contributed by atoms with Crippen molar-refractivity contribution >= 4 is 15.9 Å². The zero-order valence-electron chi connectivity index (χ0n) is 9.48. The first kappa shape index (κ1) is 11.4. The normalized spacial score (nSPS) is 18.1. The Hall–Kier alpha value is -1.13. The van der Waals surface area contributed by atoms with Crippen molar-refractivity contribution in [1.29, 1.82) is 0 Å². The van der Waals surface area contributed by atoms with Gasteiger partial charge in [0.1, 0.15) is 0 Å². The molecule has 1 heterocycles. The van der Waals surface area contributed by atoms with E-state index < -0.39 is 15.4 Å². The number of sulfone groups is 1. The number of benzene rings is 1. The number of hydrogen-bond acceptors (Lipinski definition) is 3. The molecule has 1 aromatic rings. The predicted octanol–water partition coefficient (Wildman–Crippen LogP) is 2.06. The maximum atomic E-state index is 11.9. The third-order valence-corrected chi connectivity index (χ3v) is 4.69. The maximum absolute atomic E-state index is 11.9. The second-order valence-corrected chi connectivity index (χ2v) is 6.66. The van der Waals surface area contributed by atoms with Crippen molar-refractivity contribution in [2.75, 3.05) is 0 Å². The predicted molar refractivity (Wildman–Crippen MR) is 62.5 cm³/mol. The highest BCUT2D eigenvalue weighted by Gasteiger charge is 2.28. The van der Waals surface area contributed by atoms with E-state index >= 15 is 0 Å². The summed E-state index contributed by atoms with van der Waals surface area (Å²) in [6, 6.07) is 5.04. The highest BCUT2D eigenvalue weighted by molar-refractivity contribution is 7.95. The van der Waals surface area contributed by atoms with Gasteiger partial charge in [-0.1, -0.05) is 12.1 Å². The van der Waals surface area contributed by atoms with Crippen LogP contribution in [0.1, 0.15) is 31.9 Å². The minimum Gasteiger partial charge on any atom is -0.386 e. The molecule has 86 valence electrons. The van der Waals surface area contributed by atoms with E-state index in [0.29, 0.717) is 20.9 Å². The van der Waals surface area contributed by atoms with Crippen LogP contribution < -0.4 is 0 Å². The molecular weight excluding hydrogens is 224 g/mol. The Bertz CT molecular complexity index is 575. The zero-order chi connectivity index (χ0) is 12.1. The third kappa shape index (κ3) is 1.58. The van der Waals surface area contributed by atoms with Gasteiger partial charge < -0.3 is 5.11 Å². The molecule has 0 radical (unpaired) electrons. The molecule has 0 bridgehead atoms. The topological polar surface area (TPSA) is 54.4 Å². The van der Waals surface area contributed by atoms with Gasteiger partial charge >= 0.3 is 0 Å². The quantitative estimate of drug-likeness (QED) is 0.814. The van der Waals surface area contributed by atoms with Crippen molar-refractivity contribution in [3.05, 3.63) is 34.2 Å². The minimum atomic E-state index is -3.32. The lowest BCUT2D eigenvalue weighted by Crippen LogP contribution is -2.16. The summed E-state index contributed by atoms with van der Waals surface area (Å²) >= 11 is 0. The first-order chi connectivity index (χ1) is 7.23. The lowest BCUT2D eigenvalue weighted by molar-refractivity contribution is 0.0784. The molecule has 1 aromatic carbocycles. The highest BCUT2D eigenvalue weighted by Crippen LogP contribution is 2.34. The summed E-state index contributed by atoms with van der Waals surface area (Å²) in [6.07, 6.45) is 1.65. The molecule has 4 heteroatoms. The molecule has 1 N–H and O–H groups in total. The zero-order valence-corrected chi connectivity index (χ0v) is 10.3. The molecule has 2 rings (SSSR count). The number of rotatable bonds is 1. The molecule has 0 spiro atoms. The molecule has 0 unspecified atom stereocenters. The van der Waals surface area contributed by atoms with E-state index in [-0.39, 0.29) is 0 Å². The summed E-state index contributed by atoms with van der Waals surface area (Å²) in [5.41, 5.74) is 0.282. The average molecular weight is 238 g/mol. The summed E-state index contributed by atoms with van der Waals surface area (Å²) in [5.74, 6) is 0. The van der Waals surface area contributed by atoms with Crippen LogP contribution in [0.2, 0.25) is 0 Å². The van der Waals surface area contributed by atoms with Crippen LogP contribution in [0.4, 0.5) is 0 Å². The van der Waals surface area contributed by atoms with Crippen LogP contribution in [-0.2, 0) is 15.4 Å². The van der Waals surface area contributed by atoms with Gasteiger partial charge in [-0.05, 0) is 44.0 Å². The largest absolute Gasteiger partial charge is 0.386 e. The van der Waals surface area contributed by atoms with E-state index in [0.717, 1.165) is 0 Å². The van der Waals surface area contributed by atoms with Crippen LogP contribution in [0.25, 0.3) is 6.08 Å². The van der Waals surface area contributed by atoms with Gasteiger partial charge in [-0.25, -0.2) is 8.42 Å². The Balaban J connectivity index is 2.67. The van der Waals surface area contributed by atoms with E-state index in [1.54, 1.807) is 45.0 Å². The Morgan fingerprint density at radius 2 is 1.88 bits per heavy atom. The summed E-state index contributed by atoms with van der Waals surface area (Å²) in [4.78, 5) is 0.653. The number of fused-ring (bicyclic) bond motifs is 1. The minimum absolute atomic E-state index is 0.296. The van der Waals surface area contributed by atoms with Gasteiger partial charge in [-0.3, -0.25) is 0 Å². The molecular formula is C12H14O3S. The van der Waals surface area contributed by atoms with Gasteiger partial charge in [-0.2, -0.15) is 0 Å². The fourth-order valence-electron chi connectivity index (χ4n) is 1.74. The molecule has 0 saturated carbocycles. The van der Waals surface area contributed by atoms with Crippen molar-refractivity contribution < 1.29 is 13.5 Å². The molecule has 0 aromatic heterocycles. The summed E-state index contributed by atoms with van der Waals surface area (Å²) < 4.78 is 23.8. The van der Waals surface area contributed by atoms with Crippen LogP contribution >= 0.6 is 0 Å². The molecule has 0 saturated heterocycles. The Morgan fingerprint density at radius 3 is 2.44 bits per heavy atom. The van der Waals surface area contributed by atoms with Crippen LogP contribution in [0.5, 0.6) is 0 Å². The van der Waals surface area contributed by atoms with Gasteiger partial charge in [-0.15, -0.1) is 0 Å². The fourth-order valence-corrected chi connectivity index (χ4v) is 3.09. The van der Waals surface area contributed by atoms with Gasteiger partial charge in [0.05, 0.1) is 10.5 Å². The lowest BCUT2D eigenvalue weighted by atomic mass is 9.97. The van der Waals surface area contributed by atoms with Crippen molar-refractivity contribution in [3.63, 3.8) is 0 Å². The first-order valence-corrected chi connectivity index (χ1v) is 6.51. The summed E-state index contributed by atoms with van der Waals surface area (Å²) in [5, 5.41) is 9.84. The maximum Gasteiger partial charge on any atom is 0.203 e. The van der Waals surface area contributed by atoms with Gasteiger partial charge in [0.25, 0.3) is 0 Å². The Labute approximate surface area is 95.3 Å². The van der Waals surface area contributed by atoms with Crippen molar-refractivity contribution in [2.24, 2.45) is 0 Å². The summed E-state index contributed by atoms with van der Waals surface area (Å²) in [7, 11) is -3.32.